The number of carbonyl (C=O) groups is 1. The Bertz CT molecular complexity index is 134. The van der Waals surface area contributed by atoms with Gasteiger partial charge in [0.1, 0.15) is 0 Å². The molecule has 1 aliphatic rings. The smallest absolute Gasteiger partial charge is 0.409 e. The zero-order valence-corrected chi connectivity index (χ0v) is 6.45. The van der Waals surface area contributed by atoms with Crippen LogP contribution in [-0.4, -0.2) is 42.4 Å². The van der Waals surface area contributed by atoms with E-state index in [-0.39, 0.29) is 12.7 Å². The largest absolute Gasteiger partial charge is 0.449 e. The Morgan fingerprint density at radius 2 is 2.27 bits per heavy atom. The van der Waals surface area contributed by atoms with Gasteiger partial charge < -0.3 is 14.7 Å². The summed E-state index contributed by atoms with van der Waals surface area (Å²) in [6.07, 6.45) is 1.36. The van der Waals surface area contributed by atoms with E-state index in [4.69, 9.17) is 9.84 Å². The SMILES string of the molecule is O=C(OCCCO)N1CCC1. The van der Waals surface area contributed by atoms with E-state index >= 15 is 0 Å². The van der Waals surface area contributed by atoms with Gasteiger partial charge in [0, 0.05) is 26.1 Å². The number of aliphatic hydroxyl groups is 1. The monoisotopic (exact) mass is 159 g/mol. The molecule has 4 heteroatoms. The van der Waals surface area contributed by atoms with Gasteiger partial charge in [-0.05, 0) is 6.42 Å². The topological polar surface area (TPSA) is 49.8 Å². The molecule has 4 nitrogen and oxygen atoms in total. The molecule has 0 aromatic heterocycles. The van der Waals surface area contributed by atoms with E-state index in [1.54, 1.807) is 4.90 Å². The first kappa shape index (κ1) is 8.33. The van der Waals surface area contributed by atoms with Crippen molar-refractivity contribution in [1.29, 1.82) is 0 Å². The Balaban J connectivity index is 2.01. The Morgan fingerprint density at radius 3 is 2.73 bits per heavy atom. The van der Waals surface area contributed by atoms with Gasteiger partial charge >= 0.3 is 6.09 Å². The van der Waals surface area contributed by atoms with Gasteiger partial charge in [-0.15, -0.1) is 0 Å². The molecular formula is C7H13NO3. The predicted molar refractivity (Wildman–Crippen MR) is 39.2 cm³/mol. The number of hydrogen-bond donors (Lipinski definition) is 1. The summed E-state index contributed by atoms with van der Waals surface area (Å²) in [7, 11) is 0. The molecule has 0 saturated carbocycles. The maximum atomic E-state index is 10.9. The second kappa shape index (κ2) is 4.18. The maximum absolute atomic E-state index is 10.9. The summed E-state index contributed by atoms with van der Waals surface area (Å²) in [4.78, 5) is 12.6. The molecule has 1 aliphatic heterocycles. The molecule has 11 heavy (non-hydrogen) atoms. The molecular weight excluding hydrogens is 146 g/mol. The Hall–Kier alpha value is -0.770. The van der Waals surface area contributed by atoms with Crippen molar-refractivity contribution in [3.63, 3.8) is 0 Å². The third-order valence-electron chi connectivity index (χ3n) is 1.64. The highest BCUT2D eigenvalue weighted by atomic mass is 16.6. The second-order valence-corrected chi connectivity index (χ2v) is 2.53. The highest BCUT2D eigenvalue weighted by molar-refractivity contribution is 5.68. The molecule has 1 N–H and O–H groups in total. The molecule has 1 heterocycles. The molecule has 1 fully saturated rings. The Labute approximate surface area is 65.8 Å². The lowest BCUT2D eigenvalue weighted by Gasteiger charge is -2.29. The van der Waals surface area contributed by atoms with Crippen molar-refractivity contribution in [2.45, 2.75) is 12.8 Å². The van der Waals surface area contributed by atoms with Crippen LogP contribution in [0.1, 0.15) is 12.8 Å². The molecule has 0 aromatic carbocycles. The number of ether oxygens (including phenoxy) is 1. The number of carbonyl (C=O) groups excluding carboxylic acids is 1. The highest BCUT2D eigenvalue weighted by Crippen LogP contribution is 2.07. The molecule has 1 rings (SSSR count). The molecule has 0 spiro atoms. The minimum atomic E-state index is -0.246. The lowest BCUT2D eigenvalue weighted by molar-refractivity contribution is 0.0759. The average molecular weight is 159 g/mol. The van der Waals surface area contributed by atoms with E-state index in [0.717, 1.165) is 19.5 Å². The first-order chi connectivity index (χ1) is 5.34. The highest BCUT2D eigenvalue weighted by Gasteiger charge is 2.20. The van der Waals surface area contributed by atoms with Gasteiger partial charge in [0.2, 0.25) is 0 Å². The van der Waals surface area contributed by atoms with Crippen LogP contribution in [0, 0.1) is 0 Å². The van der Waals surface area contributed by atoms with E-state index in [2.05, 4.69) is 0 Å². The molecule has 1 saturated heterocycles. The third kappa shape index (κ3) is 2.38. The first-order valence-electron chi connectivity index (χ1n) is 3.87. The summed E-state index contributed by atoms with van der Waals surface area (Å²) >= 11 is 0. The van der Waals surface area contributed by atoms with E-state index in [0.29, 0.717) is 13.0 Å². The van der Waals surface area contributed by atoms with Crippen LogP contribution >= 0.6 is 0 Å². The van der Waals surface area contributed by atoms with E-state index in [1.807, 2.05) is 0 Å². The fraction of sp³-hybridized carbons (Fsp3) is 0.857. The van der Waals surface area contributed by atoms with Crippen molar-refractivity contribution in [2.24, 2.45) is 0 Å². The van der Waals surface area contributed by atoms with Gasteiger partial charge in [0.25, 0.3) is 0 Å². The number of rotatable bonds is 3. The fourth-order valence-corrected chi connectivity index (χ4v) is 0.814. The molecule has 0 atom stereocenters. The Kier molecular flexibility index (Phi) is 3.16. The van der Waals surface area contributed by atoms with Crippen molar-refractivity contribution in [1.82, 2.24) is 4.90 Å². The molecule has 1 amide bonds. The van der Waals surface area contributed by atoms with Crippen LogP contribution in [0.2, 0.25) is 0 Å². The average Bonchev–Trinajstić information content (AvgIpc) is 1.84. The van der Waals surface area contributed by atoms with Crippen LogP contribution in [-0.2, 0) is 4.74 Å². The number of aliphatic hydroxyl groups excluding tert-OH is 1. The summed E-state index contributed by atoms with van der Waals surface area (Å²) < 4.78 is 4.81. The molecule has 64 valence electrons. The summed E-state index contributed by atoms with van der Waals surface area (Å²) in [5.41, 5.74) is 0. The fourth-order valence-electron chi connectivity index (χ4n) is 0.814. The standard InChI is InChI=1S/C7H13NO3/c9-5-2-6-11-7(10)8-3-1-4-8/h9H,1-6H2. The minimum Gasteiger partial charge on any atom is -0.449 e. The molecule has 0 bridgehead atoms. The molecule has 0 aromatic rings. The van der Waals surface area contributed by atoms with Crippen molar-refractivity contribution in [3.8, 4) is 0 Å². The van der Waals surface area contributed by atoms with Gasteiger partial charge in [-0.25, -0.2) is 4.79 Å². The molecule has 0 unspecified atom stereocenters. The van der Waals surface area contributed by atoms with Gasteiger partial charge in [-0.1, -0.05) is 0 Å². The second-order valence-electron chi connectivity index (χ2n) is 2.53. The normalized spacial score (nSPS) is 15.9. The lowest BCUT2D eigenvalue weighted by Crippen LogP contribution is -2.42. The van der Waals surface area contributed by atoms with Crippen LogP contribution in [0.25, 0.3) is 0 Å². The van der Waals surface area contributed by atoms with Crippen LogP contribution in [0.5, 0.6) is 0 Å². The van der Waals surface area contributed by atoms with E-state index < -0.39 is 0 Å². The zero-order valence-electron chi connectivity index (χ0n) is 6.45. The van der Waals surface area contributed by atoms with Crippen LogP contribution in [0.4, 0.5) is 4.79 Å². The van der Waals surface area contributed by atoms with E-state index in [9.17, 15) is 4.79 Å². The van der Waals surface area contributed by atoms with Crippen LogP contribution < -0.4 is 0 Å². The Morgan fingerprint density at radius 1 is 1.55 bits per heavy atom. The van der Waals surface area contributed by atoms with Gasteiger partial charge in [0.05, 0.1) is 6.61 Å². The minimum absolute atomic E-state index is 0.0767. The number of nitrogens with zero attached hydrogens (tertiary/aromatic N) is 1. The first-order valence-corrected chi connectivity index (χ1v) is 3.87. The zero-order chi connectivity index (χ0) is 8.10. The summed E-state index contributed by atoms with van der Waals surface area (Å²) in [6, 6.07) is 0. The van der Waals surface area contributed by atoms with Crippen molar-refractivity contribution in [3.05, 3.63) is 0 Å². The van der Waals surface area contributed by atoms with Gasteiger partial charge in [-0.3, -0.25) is 0 Å². The quantitative estimate of drug-likeness (QED) is 0.599. The lowest BCUT2D eigenvalue weighted by atomic mass is 10.2. The number of likely N-dealkylation sites (tertiary alicyclic amines) is 1. The molecule has 0 aliphatic carbocycles. The maximum Gasteiger partial charge on any atom is 0.409 e. The number of amides is 1. The van der Waals surface area contributed by atoms with Gasteiger partial charge in [-0.2, -0.15) is 0 Å². The summed E-state index contributed by atoms with van der Waals surface area (Å²) in [5, 5.41) is 8.38. The predicted octanol–water partition coefficient (Wildman–Crippen LogP) is 0.211. The summed E-state index contributed by atoms with van der Waals surface area (Å²) in [5.74, 6) is 0. The van der Waals surface area contributed by atoms with Crippen LogP contribution in [0.15, 0.2) is 0 Å². The summed E-state index contributed by atoms with van der Waals surface area (Å²) in [6.45, 7) is 2.04. The molecule has 0 radical (unpaired) electrons. The van der Waals surface area contributed by atoms with Crippen molar-refractivity contribution < 1.29 is 14.6 Å². The third-order valence-corrected chi connectivity index (χ3v) is 1.64. The van der Waals surface area contributed by atoms with Gasteiger partial charge in [0.15, 0.2) is 0 Å². The number of hydrogen-bond acceptors (Lipinski definition) is 3. The van der Waals surface area contributed by atoms with Crippen LogP contribution in [0.3, 0.4) is 0 Å². The van der Waals surface area contributed by atoms with E-state index in [1.165, 1.54) is 0 Å². The van der Waals surface area contributed by atoms with Crippen molar-refractivity contribution in [2.75, 3.05) is 26.3 Å². The van der Waals surface area contributed by atoms with Crippen molar-refractivity contribution >= 4 is 6.09 Å².